The van der Waals surface area contributed by atoms with Crippen molar-refractivity contribution in [2.24, 2.45) is 0 Å². The number of hydrogen-bond acceptors (Lipinski definition) is 8. The highest BCUT2D eigenvalue weighted by Crippen LogP contribution is 2.36. The molecule has 14 heteroatoms. The Bertz CT molecular complexity index is 1910. The molecule has 0 bridgehead atoms. The summed E-state index contributed by atoms with van der Waals surface area (Å²) < 4.78 is 21.2. The number of carbonyl (C=O) groups is 2. The van der Waals surface area contributed by atoms with Crippen molar-refractivity contribution in [1.29, 1.82) is 0 Å². The van der Waals surface area contributed by atoms with E-state index in [4.69, 9.17) is 16.3 Å². The number of nitrogens with one attached hydrogen (secondary N) is 2. The van der Waals surface area contributed by atoms with E-state index in [9.17, 15) is 14.0 Å². The lowest BCUT2D eigenvalue weighted by Gasteiger charge is -2.47. The Kier molecular flexibility index (Phi) is 8.74. The number of tetrazole rings is 1. The molecule has 0 saturated carbocycles. The van der Waals surface area contributed by atoms with Gasteiger partial charge in [0.1, 0.15) is 18.2 Å². The number of hydrogen-bond donors (Lipinski definition) is 2. The average molecular weight is 656 g/mol. The van der Waals surface area contributed by atoms with Gasteiger partial charge in [0, 0.05) is 59.3 Å². The number of benzene rings is 3. The van der Waals surface area contributed by atoms with Crippen LogP contribution in [0.15, 0.2) is 79.3 Å². The number of carbonyl (C=O) groups excluding carboxylic acids is 2. The monoisotopic (exact) mass is 655 g/mol. The zero-order valence-electron chi connectivity index (χ0n) is 25.2. The molecule has 3 unspecified atom stereocenters. The van der Waals surface area contributed by atoms with Crippen molar-refractivity contribution in [2.75, 3.05) is 38.2 Å². The molecule has 0 aliphatic carbocycles. The predicted octanol–water partition coefficient (Wildman–Crippen LogP) is 4.07. The molecule has 5 aromatic rings. The Balaban J connectivity index is 1.26. The summed E-state index contributed by atoms with van der Waals surface area (Å²) in [5.41, 5.74) is 3.42. The molecule has 240 valence electrons. The first-order valence-electron chi connectivity index (χ1n) is 15.3. The minimum absolute atomic E-state index is 0.0550. The predicted molar refractivity (Wildman–Crippen MR) is 173 cm³/mol. The van der Waals surface area contributed by atoms with Gasteiger partial charge < -0.3 is 15.0 Å². The first-order valence-corrected chi connectivity index (χ1v) is 15.6. The molecule has 2 aliphatic heterocycles. The Labute approximate surface area is 274 Å². The van der Waals surface area contributed by atoms with Crippen LogP contribution < -0.4 is 5.32 Å². The topological polar surface area (TPSA) is 134 Å². The lowest BCUT2D eigenvalue weighted by Crippen LogP contribution is -2.61. The third kappa shape index (κ3) is 6.64. The van der Waals surface area contributed by atoms with E-state index >= 15 is 0 Å². The molecule has 3 aromatic carbocycles. The molecule has 2 amide bonds. The Hall–Kier alpha value is -4.98. The van der Waals surface area contributed by atoms with Crippen LogP contribution in [0.4, 0.5) is 10.1 Å². The number of amides is 2. The van der Waals surface area contributed by atoms with Gasteiger partial charge in [0.25, 0.3) is 0 Å². The van der Waals surface area contributed by atoms with Gasteiger partial charge in [0.15, 0.2) is 0 Å². The summed E-state index contributed by atoms with van der Waals surface area (Å²) >= 11 is 6.32. The number of aromatic nitrogens is 6. The van der Waals surface area contributed by atoms with Crippen molar-refractivity contribution in [1.82, 2.24) is 40.2 Å². The molecule has 2 fully saturated rings. The van der Waals surface area contributed by atoms with E-state index in [0.717, 1.165) is 16.5 Å². The van der Waals surface area contributed by atoms with E-state index in [-0.39, 0.29) is 23.7 Å². The number of nitrogens with zero attached hydrogens (tertiary/aromatic N) is 7. The highest BCUT2D eigenvalue weighted by Gasteiger charge is 2.44. The van der Waals surface area contributed by atoms with Crippen molar-refractivity contribution in [2.45, 2.75) is 24.4 Å². The van der Waals surface area contributed by atoms with Crippen LogP contribution in [0.25, 0.3) is 22.7 Å². The zero-order valence-corrected chi connectivity index (χ0v) is 25.9. The second kappa shape index (κ2) is 13.4. The van der Waals surface area contributed by atoms with Crippen LogP contribution >= 0.6 is 11.6 Å². The maximum Gasteiger partial charge on any atom is 0.247 e. The third-order valence-electron chi connectivity index (χ3n) is 8.76. The quantitative estimate of drug-likeness (QED) is 0.251. The smallest absolute Gasteiger partial charge is 0.247 e. The maximum absolute atomic E-state index is 14.3. The lowest BCUT2D eigenvalue weighted by molar-refractivity contribution is -0.140. The van der Waals surface area contributed by atoms with Gasteiger partial charge in [-0.1, -0.05) is 23.7 Å². The van der Waals surface area contributed by atoms with Gasteiger partial charge in [-0.15, -0.1) is 5.10 Å². The minimum Gasteiger partial charge on any atom is -0.379 e. The molecule has 0 radical (unpaired) electrons. The third-order valence-corrected chi connectivity index (χ3v) is 9.00. The fourth-order valence-electron chi connectivity index (χ4n) is 6.47. The van der Waals surface area contributed by atoms with Gasteiger partial charge in [-0.05, 0) is 77.0 Å². The van der Waals surface area contributed by atoms with Crippen molar-refractivity contribution in [3.63, 3.8) is 0 Å². The first-order chi connectivity index (χ1) is 22.9. The number of piperidine rings is 1. The number of ether oxygens (including phenoxy) is 1. The molecule has 4 heterocycles. The second-order valence-corrected chi connectivity index (χ2v) is 12.0. The van der Waals surface area contributed by atoms with Gasteiger partial charge in [0.05, 0.1) is 30.6 Å². The van der Waals surface area contributed by atoms with E-state index < -0.39 is 12.0 Å². The summed E-state index contributed by atoms with van der Waals surface area (Å²) in [6.07, 6.45) is 6.82. The normalized spacial score (nSPS) is 20.6. The SMILES string of the molecule is O=C(Nc1ccc2[nH]ncc2c1)C1C(c2ccc(F)cc2)CC(N2CCOCC2)CN1C(=O)C=Cc1cc(Cl)ccc1-n1cnnn1. The van der Waals surface area contributed by atoms with Crippen LogP contribution in [0, 0.1) is 5.82 Å². The van der Waals surface area contributed by atoms with Gasteiger partial charge in [-0.3, -0.25) is 19.6 Å². The zero-order chi connectivity index (χ0) is 32.3. The number of anilines is 1. The highest BCUT2D eigenvalue weighted by molar-refractivity contribution is 6.30. The lowest BCUT2D eigenvalue weighted by atomic mass is 9.80. The van der Waals surface area contributed by atoms with E-state index in [2.05, 4.69) is 35.9 Å². The van der Waals surface area contributed by atoms with Crippen molar-refractivity contribution < 1.29 is 18.7 Å². The van der Waals surface area contributed by atoms with Crippen LogP contribution in [-0.4, -0.2) is 97.0 Å². The van der Waals surface area contributed by atoms with E-state index in [1.807, 2.05) is 12.1 Å². The largest absolute Gasteiger partial charge is 0.379 e. The minimum atomic E-state index is -0.895. The van der Waals surface area contributed by atoms with Gasteiger partial charge in [-0.25, -0.2) is 4.39 Å². The molecular formula is C33H31ClFN9O3. The molecule has 7 rings (SSSR count). The molecule has 2 N–H and O–H groups in total. The summed E-state index contributed by atoms with van der Waals surface area (Å²) in [6.45, 7) is 2.90. The Morgan fingerprint density at radius 3 is 2.68 bits per heavy atom. The number of H-pyrrole nitrogens is 1. The summed E-state index contributed by atoms with van der Waals surface area (Å²) in [6, 6.07) is 15.9. The average Bonchev–Trinajstić information content (AvgIpc) is 3.80. The standard InChI is InChI=1S/C33H31ClFN9O3/c34-24-4-9-30(44-20-37-40-41-44)22(15-24)3-10-31(45)43-19-27(42-11-13-47-14-12-42)17-28(21-1-5-25(35)6-2-21)32(43)33(46)38-26-7-8-29-23(16-26)18-36-39-29/h1-10,15-16,18,20,27-28,32H,11-14,17,19H2,(H,36,39)(H,38,46). The Morgan fingerprint density at radius 2 is 1.89 bits per heavy atom. The summed E-state index contributed by atoms with van der Waals surface area (Å²) in [5, 5.41) is 22.7. The summed E-state index contributed by atoms with van der Waals surface area (Å²) in [4.78, 5) is 32.5. The number of likely N-dealkylation sites (tertiary alicyclic amines) is 1. The fraction of sp³-hybridized carbons (Fsp3) is 0.273. The van der Waals surface area contributed by atoms with Crippen molar-refractivity contribution >= 4 is 46.1 Å². The Morgan fingerprint density at radius 1 is 1.06 bits per heavy atom. The molecule has 2 aromatic heterocycles. The van der Waals surface area contributed by atoms with Gasteiger partial charge >= 0.3 is 0 Å². The number of morpholine rings is 1. The van der Waals surface area contributed by atoms with E-state index in [1.54, 1.807) is 53.6 Å². The van der Waals surface area contributed by atoms with Crippen LogP contribution in [0.2, 0.25) is 5.02 Å². The number of fused-ring (bicyclic) bond motifs is 1. The molecule has 2 aliphatic rings. The fourth-order valence-corrected chi connectivity index (χ4v) is 6.65. The molecule has 0 spiro atoms. The molecule has 12 nitrogen and oxygen atoms in total. The van der Waals surface area contributed by atoms with Crippen LogP contribution in [-0.2, 0) is 14.3 Å². The van der Waals surface area contributed by atoms with Gasteiger partial charge in [0.2, 0.25) is 11.8 Å². The number of rotatable bonds is 7. The number of aromatic amines is 1. The summed E-state index contributed by atoms with van der Waals surface area (Å²) in [7, 11) is 0. The van der Waals surface area contributed by atoms with Crippen molar-refractivity contribution in [3.05, 3.63) is 101 Å². The van der Waals surface area contributed by atoms with Crippen LogP contribution in [0.3, 0.4) is 0 Å². The maximum atomic E-state index is 14.3. The van der Waals surface area contributed by atoms with Crippen LogP contribution in [0.1, 0.15) is 23.5 Å². The molecule has 2 saturated heterocycles. The molecule has 3 atom stereocenters. The summed E-state index contributed by atoms with van der Waals surface area (Å²) in [5.74, 6) is -1.50. The van der Waals surface area contributed by atoms with Crippen LogP contribution in [0.5, 0.6) is 0 Å². The van der Waals surface area contributed by atoms with E-state index in [0.29, 0.717) is 61.2 Å². The molecular weight excluding hydrogens is 625 g/mol. The second-order valence-electron chi connectivity index (χ2n) is 11.6. The van der Waals surface area contributed by atoms with Crippen molar-refractivity contribution in [3.8, 4) is 5.69 Å². The first kappa shape index (κ1) is 30.7. The highest BCUT2D eigenvalue weighted by atomic mass is 35.5. The van der Waals surface area contributed by atoms with E-state index in [1.165, 1.54) is 29.2 Å². The van der Waals surface area contributed by atoms with Gasteiger partial charge in [-0.2, -0.15) is 9.78 Å². The molecule has 47 heavy (non-hydrogen) atoms. The number of halogens is 2.